The SMILES string of the molecule is CCCCC(CC)CN(CC(CC)CCCC)C(=O)CCC(=O)Nc1cc(C)ccc1O. The Morgan fingerprint density at radius 1 is 0.938 bits per heavy atom. The third kappa shape index (κ3) is 10.5. The maximum Gasteiger partial charge on any atom is 0.224 e. The number of amides is 2. The fourth-order valence-corrected chi connectivity index (χ4v) is 4.08. The van der Waals surface area contributed by atoms with Gasteiger partial charge in [-0.25, -0.2) is 0 Å². The van der Waals surface area contributed by atoms with E-state index in [1.54, 1.807) is 18.2 Å². The van der Waals surface area contributed by atoms with Gasteiger partial charge in [0.05, 0.1) is 5.69 Å². The maximum atomic E-state index is 13.2. The largest absolute Gasteiger partial charge is 0.506 e. The molecule has 0 aliphatic heterocycles. The van der Waals surface area contributed by atoms with E-state index >= 15 is 0 Å². The number of nitrogens with zero attached hydrogens (tertiary/aromatic N) is 1. The molecule has 5 heteroatoms. The van der Waals surface area contributed by atoms with Gasteiger partial charge in [-0.3, -0.25) is 9.59 Å². The van der Waals surface area contributed by atoms with Gasteiger partial charge in [-0.2, -0.15) is 0 Å². The van der Waals surface area contributed by atoms with Crippen molar-refractivity contribution >= 4 is 17.5 Å². The van der Waals surface area contributed by atoms with Crippen molar-refractivity contribution in [2.75, 3.05) is 18.4 Å². The molecule has 0 saturated carbocycles. The quantitative estimate of drug-likeness (QED) is 0.278. The first-order chi connectivity index (χ1) is 15.3. The molecule has 1 rings (SSSR count). The first kappa shape index (κ1) is 28.0. The van der Waals surface area contributed by atoms with Gasteiger partial charge in [-0.15, -0.1) is 0 Å². The molecule has 0 aromatic heterocycles. The molecule has 0 fully saturated rings. The third-order valence-electron chi connectivity index (χ3n) is 6.39. The lowest BCUT2D eigenvalue weighted by molar-refractivity contribution is -0.134. The number of hydrogen-bond acceptors (Lipinski definition) is 3. The van der Waals surface area contributed by atoms with Crippen LogP contribution in [-0.4, -0.2) is 34.9 Å². The van der Waals surface area contributed by atoms with Gasteiger partial charge in [0.2, 0.25) is 11.8 Å². The molecule has 1 aromatic rings. The van der Waals surface area contributed by atoms with Crippen LogP contribution < -0.4 is 5.32 Å². The van der Waals surface area contributed by atoms with E-state index in [-0.39, 0.29) is 30.4 Å². The Morgan fingerprint density at radius 3 is 2.00 bits per heavy atom. The summed E-state index contributed by atoms with van der Waals surface area (Å²) in [5.41, 5.74) is 1.35. The summed E-state index contributed by atoms with van der Waals surface area (Å²) < 4.78 is 0. The smallest absolute Gasteiger partial charge is 0.224 e. The summed E-state index contributed by atoms with van der Waals surface area (Å²) in [5.74, 6) is 0.899. The Bertz CT molecular complexity index is 671. The summed E-state index contributed by atoms with van der Waals surface area (Å²) in [6.07, 6.45) is 9.49. The van der Waals surface area contributed by atoms with E-state index in [1.807, 2.05) is 11.8 Å². The molecule has 0 radical (unpaired) electrons. The van der Waals surface area contributed by atoms with Gasteiger partial charge in [0.15, 0.2) is 0 Å². The summed E-state index contributed by atoms with van der Waals surface area (Å²) in [7, 11) is 0. The molecule has 2 N–H and O–H groups in total. The minimum absolute atomic E-state index is 0.0420. The predicted molar refractivity (Wildman–Crippen MR) is 134 cm³/mol. The highest BCUT2D eigenvalue weighted by Gasteiger charge is 2.22. The van der Waals surface area contributed by atoms with Crippen LogP contribution in [0.5, 0.6) is 5.75 Å². The Labute approximate surface area is 196 Å². The number of phenolic OH excluding ortho intramolecular Hbond substituents is 1. The number of nitrogens with one attached hydrogen (secondary N) is 1. The highest BCUT2D eigenvalue weighted by Crippen LogP contribution is 2.24. The van der Waals surface area contributed by atoms with Crippen LogP contribution in [0.1, 0.15) is 97.5 Å². The number of aromatic hydroxyl groups is 1. The van der Waals surface area contributed by atoms with Crippen LogP contribution in [0, 0.1) is 18.8 Å². The predicted octanol–water partition coefficient (Wildman–Crippen LogP) is 6.68. The summed E-state index contributed by atoms with van der Waals surface area (Å²) in [5, 5.41) is 12.7. The number of aryl methyl sites for hydroxylation is 1. The number of benzene rings is 1. The highest BCUT2D eigenvalue weighted by molar-refractivity contribution is 5.94. The lowest BCUT2D eigenvalue weighted by atomic mass is 9.95. The fraction of sp³-hybridized carbons (Fsp3) is 0.704. The third-order valence-corrected chi connectivity index (χ3v) is 6.39. The van der Waals surface area contributed by atoms with Crippen molar-refractivity contribution in [2.24, 2.45) is 11.8 Å². The molecule has 0 saturated heterocycles. The average Bonchev–Trinajstić information content (AvgIpc) is 2.78. The van der Waals surface area contributed by atoms with Crippen LogP contribution >= 0.6 is 0 Å². The molecule has 2 unspecified atom stereocenters. The Balaban J connectivity index is 2.76. The van der Waals surface area contributed by atoms with Crippen molar-refractivity contribution in [1.29, 1.82) is 0 Å². The number of rotatable bonds is 16. The molecular formula is C27H46N2O3. The van der Waals surface area contributed by atoms with Crippen molar-refractivity contribution in [3.8, 4) is 5.75 Å². The van der Waals surface area contributed by atoms with Crippen LogP contribution in [0.2, 0.25) is 0 Å². The van der Waals surface area contributed by atoms with E-state index in [1.165, 1.54) is 25.7 Å². The van der Waals surface area contributed by atoms with E-state index in [2.05, 4.69) is 33.0 Å². The number of carbonyl (C=O) groups excluding carboxylic acids is 2. The molecule has 2 atom stereocenters. The zero-order valence-corrected chi connectivity index (χ0v) is 21.1. The van der Waals surface area contributed by atoms with E-state index in [0.717, 1.165) is 44.3 Å². The van der Waals surface area contributed by atoms with Gasteiger partial charge in [0, 0.05) is 25.9 Å². The number of phenols is 1. The zero-order valence-electron chi connectivity index (χ0n) is 21.1. The Morgan fingerprint density at radius 2 is 1.50 bits per heavy atom. The first-order valence-electron chi connectivity index (χ1n) is 12.7. The fourth-order valence-electron chi connectivity index (χ4n) is 4.08. The monoisotopic (exact) mass is 446 g/mol. The molecule has 1 aromatic carbocycles. The molecule has 32 heavy (non-hydrogen) atoms. The first-order valence-corrected chi connectivity index (χ1v) is 12.7. The van der Waals surface area contributed by atoms with E-state index in [0.29, 0.717) is 17.5 Å². The number of hydrogen-bond donors (Lipinski definition) is 2. The number of unbranched alkanes of at least 4 members (excludes halogenated alkanes) is 2. The standard InChI is InChI=1S/C27H46N2O3/c1-6-10-12-22(8-3)19-29(20-23(9-4)13-11-7-2)27(32)17-16-26(31)28-24-18-21(5)14-15-25(24)30/h14-15,18,22-23,30H,6-13,16-17,19-20H2,1-5H3,(H,28,31). The Kier molecular flexibility index (Phi) is 13.7. The summed E-state index contributed by atoms with van der Waals surface area (Å²) in [6.45, 7) is 12.3. The molecule has 0 aliphatic carbocycles. The van der Waals surface area contributed by atoms with Crippen molar-refractivity contribution in [3.63, 3.8) is 0 Å². The number of anilines is 1. The summed E-state index contributed by atoms with van der Waals surface area (Å²) in [4.78, 5) is 27.7. The minimum atomic E-state index is -0.241. The van der Waals surface area contributed by atoms with E-state index in [4.69, 9.17) is 0 Å². The molecule has 0 aliphatic rings. The maximum absolute atomic E-state index is 13.2. The second-order valence-electron chi connectivity index (χ2n) is 9.20. The van der Waals surface area contributed by atoms with Crippen LogP contribution in [0.15, 0.2) is 18.2 Å². The van der Waals surface area contributed by atoms with Crippen molar-refractivity contribution < 1.29 is 14.7 Å². The van der Waals surface area contributed by atoms with Crippen LogP contribution in [-0.2, 0) is 9.59 Å². The Hall–Kier alpha value is -2.04. The average molecular weight is 447 g/mol. The van der Waals surface area contributed by atoms with Gasteiger partial charge < -0.3 is 15.3 Å². The minimum Gasteiger partial charge on any atom is -0.506 e. The van der Waals surface area contributed by atoms with Crippen LogP contribution in [0.25, 0.3) is 0 Å². The van der Waals surface area contributed by atoms with Crippen molar-refractivity contribution in [3.05, 3.63) is 23.8 Å². The van der Waals surface area contributed by atoms with Gasteiger partial charge in [0.25, 0.3) is 0 Å². The normalized spacial score (nSPS) is 12.9. The van der Waals surface area contributed by atoms with E-state index < -0.39 is 0 Å². The highest BCUT2D eigenvalue weighted by atomic mass is 16.3. The molecule has 0 heterocycles. The van der Waals surface area contributed by atoms with Crippen LogP contribution in [0.3, 0.4) is 0 Å². The zero-order chi connectivity index (χ0) is 23.9. The molecule has 5 nitrogen and oxygen atoms in total. The summed E-state index contributed by atoms with van der Waals surface area (Å²) >= 11 is 0. The van der Waals surface area contributed by atoms with Crippen LogP contribution in [0.4, 0.5) is 5.69 Å². The molecular weight excluding hydrogens is 400 g/mol. The second kappa shape index (κ2) is 15.7. The van der Waals surface area contributed by atoms with Gasteiger partial charge >= 0.3 is 0 Å². The lowest BCUT2D eigenvalue weighted by Gasteiger charge is -2.31. The van der Waals surface area contributed by atoms with Gasteiger partial charge in [0.1, 0.15) is 5.75 Å². The second-order valence-corrected chi connectivity index (χ2v) is 9.20. The lowest BCUT2D eigenvalue weighted by Crippen LogP contribution is -2.39. The molecule has 0 bridgehead atoms. The summed E-state index contributed by atoms with van der Waals surface area (Å²) in [6, 6.07) is 5.10. The van der Waals surface area contributed by atoms with E-state index in [9.17, 15) is 14.7 Å². The van der Waals surface area contributed by atoms with Gasteiger partial charge in [-0.05, 0) is 49.3 Å². The molecule has 2 amide bonds. The number of carbonyl (C=O) groups is 2. The molecule has 0 spiro atoms. The van der Waals surface area contributed by atoms with Gasteiger partial charge in [-0.1, -0.05) is 72.3 Å². The van der Waals surface area contributed by atoms with Crippen molar-refractivity contribution in [1.82, 2.24) is 4.90 Å². The topological polar surface area (TPSA) is 69.6 Å². The molecule has 182 valence electrons. The van der Waals surface area contributed by atoms with Crippen molar-refractivity contribution in [2.45, 2.75) is 98.8 Å².